The van der Waals surface area contributed by atoms with Crippen LogP contribution in [0, 0.1) is 11.7 Å². The van der Waals surface area contributed by atoms with Crippen LogP contribution in [0.15, 0.2) is 18.2 Å². The van der Waals surface area contributed by atoms with Gasteiger partial charge in [0.1, 0.15) is 0 Å². The van der Waals surface area contributed by atoms with Crippen LogP contribution in [0.1, 0.15) is 37.7 Å². The molecule has 18 heavy (non-hydrogen) atoms. The SMILES string of the molecule is CCCNCC1CCC1c1ccc(OC)c(F)c1. The number of benzene rings is 1. The van der Waals surface area contributed by atoms with Crippen molar-refractivity contribution in [3.8, 4) is 5.75 Å². The fourth-order valence-corrected chi connectivity index (χ4v) is 2.63. The maximum atomic E-state index is 13.7. The zero-order valence-corrected chi connectivity index (χ0v) is 11.2. The standard InChI is InChI=1S/C15H22FNO/c1-3-8-17-10-12-4-6-13(12)11-5-7-15(18-2)14(16)9-11/h5,7,9,12-13,17H,3-4,6,8,10H2,1-2H3. The van der Waals surface area contributed by atoms with E-state index in [0.29, 0.717) is 17.6 Å². The Kier molecular flexibility index (Phi) is 4.59. The first kappa shape index (κ1) is 13.3. The van der Waals surface area contributed by atoms with Gasteiger partial charge in [-0.25, -0.2) is 4.39 Å². The summed E-state index contributed by atoms with van der Waals surface area (Å²) in [6, 6.07) is 5.37. The Morgan fingerprint density at radius 3 is 2.78 bits per heavy atom. The minimum atomic E-state index is -0.248. The molecule has 3 heteroatoms. The van der Waals surface area contributed by atoms with E-state index in [1.165, 1.54) is 20.0 Å². The smallest absolute Gasteiger partial charge is 0.165 e. The van der Waals surface area contributed by atoms with E-state index in [1.807, 2.05) is 6.07 Å². The molecular weight excluding hydrogens is 229 g/mol. The Bertz CT molecular complexity index is 394. The first-order valence-corrected chi connectivity index (χ1v) is 6.80. The lowest BCUT2D eigenvalue weighted by atomic mass is 9.70. The van der Waals surface area contributed by atoms with Crippen molar-refractivity contribution in [3.63, 3.8) is 0 Å². The lowest BCUT2D eigenvalue weighted by Gasteiger charge is -2.37. The average Bonchev–Trinajstić information content (AvgIpc) is 2.33. The minimum absolute atomic E-state index is 0.248. The maximum Gasteiger partial charge on any atom is 0.165 e. The number of hydrogen-bond donors (Lipinski definition) is 1. The molecule has 1 fully saturated rings. The van der Waals surface area contributed by atoms with Crippen LogP contribution < -0.4 is 10.1 Å². The molecule has 2 atom stereocenters. The number of halogens is 1. The second-order valence-corrected chi connectivity index (χ2v) is 5.04. The molecule has 1 aliphatic carbocycles. The van der Waals surface area contributed by atoms with Gasteiger partial charge in [-0.05, 0) is 61.9 Å². The highest BCUT2D eigenvalue weighted by atomic mass is 19.1. The number of hydrogen-bond acceptors (Lipinski definition) is 2. The molecule has 0 aromatic heterocycles. The fraction of sp³-hybridized carbons (Fsp3) is 0.600. The van der Waals surface area contributed by atoms with Crippen molar-refractivity contribution in [2.75, 3.05) is 20.2 Å². The molecule has 1 aromatic carbocycles. The predicted molar refractivity (Wildman–Crippen MR) is 71.6 cm³/mol. The van der Waals surface area contributed by atoms with Crippen LogP contribution >= 0.6 is 0 Å². The highest BCUT2D eigenvalue weighted by molar-refractivity contribution is 5.32. The first-order chi connectivity index (χ1) is 8.76. The Balaban J connectivity index is 1.97. The Hall–Kier alpha value is -1.09. The Labute approximate surface area is 109 Å². The molecule has 1 N–H and O–H groups in total. The van der Waals surface area contributed by atoms with E-state index < -0.39 is 0 Å². The second kappa shape index (κ2) is 6.19. The summed E-state index contributed by atoms with van der Waals surface area (Å²) >= 11 is 0. The maximum absolute atomic E-state index is 13.7. The molecule has 1 aliphatic rings. The molecule has 0 saturated heterocycles. The van der Waals surface area contributed by atoms with Gasteiger partial charge in [0, 0.05) is 0 Å². The third-order valence-corrected chi connectivity index (χ3v) is 3.85. The summed E-state index contributed by atoms with van der Waals surface area (Å²) in [5.41, 5.74) is 1.11. The van der Waals surface area contributed by atoms with Crippen LogP contribution in [0.5, 0.6) is 5.75 Å². The van der Waals surface area contributed by atoms with E-state index in [9.17, 15) is 4.39 Å². The van der Waals surface area contributed by atoms with Gasteiger partial charge in [0.05, 0.1) is 7.11 Å². The van der Waals surface area contributed by atoms with Gasteiger partial charge in [0.25, 0.3) is 0 Å². The van der Waals surface area contributed by atoms with Crippen molar-refractivity contribution >= 4 is 0 Å². The Morgan fingerprint density at radius 2 is 2.22 bits per heavy atom. The summed E-state index contributed by atoms with van der Waals surface area (Å²) in [6.07, 6.45) is 3.58. The van der Waals surface area contributed by atoms with Crippen molar-refractivity contribution in [1.29, 1.82) is 0 Å². The summed E-state index contributed by atoms with van der Waals surface area (Å²) < 4.78 is 18.6. The van der Waals surface area contributed by atoms with E-state index in [1.54, 1.807) is 12.1 Å². The van der Waals surface area contributed by atoms with Crippen molar-refractivity contribution in [2.24, 2.45) is 5.92 Å². The zero-order valence-electron chi connectivity index (χ0n) is 11.2. The van der Waals surface area contributed by atoms with Crippen LogP contribution in [-0.2, 0) is 0 Å². The molecule has 0 radical (unpaired) electrons. The molecule has 2 unspecified atom stereocenters. The third-order valence-electron chi connectivity index (χ3n) is 3.85. The van der Waals surface area contributed by atoms with Crippen molar-refractivity contribution < 1.29 is 9.13 Å². The molecule has 0 heterocycles. The van der Waals surface area contributed by atoms with Crippen LogP contribution in [0.4, 0.5) is 4.39 Å². The van der Waals surface area contributed by atoms with E-state index in [0.717, 1.165) is 25.1 Å². The lowest BCUT2D eigenvalue weighted by Crippen LogP contribution is -2.34. The number of rotatable bonds is 6. The van der Waals surface area contributed by atoms with Crippen LogP contribution in [-0.4, -0.2) is 20.2 Å². The number of methoxy groups -OCH3 is 1. The molecule has 0 bridgehead atoms. The predicted octanol–water partition coefficient (Wildman–Crippen LogP) is 3.33. The largest absolute Gasteiger partial charge is 0.494 e. The molecule has 0 amide bonds. The van der Waals surface area contributed by atoms with Gasteiger partial charge < -0.3 is 10.1 Å². The molecule has 0 spiro atoms. The summed E-state index contributed by atoms with van der Waals surface area (Å²) in [7, 11) is 1.50. The van der Waals surface area contributed by atoms with Crippen LogP contribution in [0.25, 0.3) is 0 Å². The van der Waals surface area contributed by atoms with Gasteiger partial charge in [-0.1, -0.05) is 13.0 Å². The van der Waals surface area contributed by atoms with E-state index in [-0.39, 0.29) is 5.82 Å². The van der Waals surface area contributed by atoms with Gasteiger partial charge in [-0.15, -0.1) is 0 Å². The first-order valence-electron chi connectivity index (χ1n) is 6.80. The normalized spacial score (nSPS) is 22.6. The van der Waals surface area contributed by atoms with Gasteiger partial charge in [-0.3, -0.25) is 0 Å². The van der Waals surface area contributed by atoms with Crippen molar-refractivity contribution in [1.82, 2.24) is 5.32 Å². The average molecular weight is 251 g/mol. The highest BCUT2D eigenvalue weighted by Gasteiger charge is 2.31. The summed E-state index contributed by atoms with van der Waals surface area (Å²) in [4.78, 5) is 0. The topological polar surface area (TPSA) is 21.3 Å². The molecular formula is C15H22FNO. The quantitative estimate of drug-likeness (QED) is 0.783. The van der Waals surface area contributed by atoms with E-state index in [2.05, 4.69) is 12.2 Å². The molecule has 1 aromatic rings. The second-order valence-electron chi connectivity index (χ2n) is 5.04. The van der Waals surface area contributed by atoms with Gasteiger partial charge in [0.15, 0.2) is 11.6 Å². The number of ether oxygens (including phenoxy) is 1. The van der Waals surface area contributed by atoms with Crippen molar-refractivity contribution in [2.45, 2.75) is 32.1 Å². The van der Waals surface area contributed by atoms with Crippen LogP contribution in [0.2, 0.25) is 0 Å². The monoisotopic (exact) mass is 251 g/mol. The molecule has 100 valence electrons. The van der Waals surface area contributed by atoms with Gasteiger partial charge in [0.2, 0.25) is 0 Å². The molecule has 1 saturated carbocycles. The summed E-state index contributed by atoms with van der Waals surface area (Å²) in [5, 5.41) is 3.46. The van der Waals surface area contributed by atoms with Crippen LogP contribution in [0.3, 0.4) is 0 Å². The van der Waals surface area contributed by atoms with Gasteiger partial charge in [-0.2, -0.15) is 0 Å². The van der Waals surface area contributed by atoms with E-state index in [4.69, 9.17) is 4.74 Å². The fourth-order valence-electron chi connectivity index (χ4n) is 2.63. The zero-order chi connectivity index (χ0) is 13.0. The minimum Gasteiger partial charge on any atom is -0.494 e. The Morgan fingerprint density at radius 1 is 1.39 bits per heavy atom. The molecule has 0 aliphatic heterocycles. The number of nitrogens with one attached hydrogen (secondary N) is 1. The van der Waals surface area contributed by atoms with Gasteiger partial charge >= 0.3 is 0 Å². The summed E-state index contributed by atoms with van der Waals surface area (Å²) in [5.74, 6) is 1.25. The van der Waals surface area contributed by atoms with E-state index >= 15 is 0 Å². The molecule has 2 nitrogen and oxygen atoms in total. The lowest BCUT2D eigenvalue weighted by molar-refractivity contribution is 0.245. The van der Waals surface area contributed by atoms with Crippen molar-refractivity contribution in [3.05, 3.63) is 29.6 Å². The summed E-state index contributed by atoms with van der Waals surface area (Å²) in [6.45, 7) is 4.29. The molecule has 2 rings (SSSR count). The highest BCUT2D eigenvalue weighted by Crippen LogP contribution is 2.42. The third kappa shape index (κ3) is 2.83.